The Hall–Kier alpha value is -3.74. The lowest BCUT2D eigenvalue weighted by molar-refractivity contribution is -0.138. The Balaban J connectivity index is 1.30. The number of likely N-dealkylation sites (tertiary alicyclic amines) is 1. The molecule has 1 aromatic carbocycles. The van der Waals surface area contributed by atoms with Gasteiger partial charge in [0.1, 0.15) is 34.5 Å². The molecule has 3 aromatic heterocycles. The maximum Gasteiger partial charge on any atom is 0.248 e. The van der Waals surface area contributed by atoms with Crippen LogP contribution in [-0.2, 0) is 22.7 Å². The molecule has 6 rings (SSSR count). The van der Waals surface area contributed by atoms with Gasteiger partial charge in [0.25, 0.3) is 0 Å². The second-order valence-electron chi connectivity index (χ2n) is 12.2. The number of nitrogens with one attached hydrogen (secondary N) is 1. The zero-order valence-electron chi connectivity index (χ0n) is 25.1. The van der Waals surface area contributed by atoms with Crippen LogP contribution in [0.4, 0.5) is 5.82 Å². The number of aromatic nitrogens is 5. The van der Waals surface area contributed by atoms with E-state index in [2.05, 4.69) is 48.2 Å². The van der Waals surface area contributed by atoms with E-state index >= 15 is 0 Å². The molecule has 228 valence electrons. The lowest BCUT2D eigenvalue weighted by atomic mass is 10.0. The van der Waals surface area contributed by atoms with Crippen molar-refractivity contribution < 1.29 is 14.4 Å². The molecule has 1 aliphatic carbocycles. The predicted molar refractivity (Wildman–Crippen MR) is 170 cm³/mol. The summed E-state index contributed by atoms with van der Waals surface area (Å²) in [6.45, 7) is 5.78. The van der Waals surface area contributed by atoms with Gasteiger partial charge < -0.3 is 15.1 Å². The largest absolute Gasteiger partial charge is 0.325 e. The highest BCUT2D eigenvalue weighted by molar-refractivity contribution is 9.10. The van der Waals surface area contributed by atoms with Gasteiger partial charge in [-0.25, -0.2) is 15.0 Å². The van der Waals surface area contributed by atoms with Crippen LogP contribution in [0.3, 0.4) is 0 Å². The van der Waals surface area contributed by atoms with Crippen LogP contribution in [0.5, 0.6) is 0 Å². The first-order valence-corrected chi connectivity index (χ1v) is 15.4. The van der Waals surface area contributed by atoms with Crippen LogP contribution in [0, 0.1) is 12.3 Å². The molecule has 0 radical (unpaired) electrons. The van der Waals surface area contributed by atoms with Crippen molar-refractivity contribution in [3.8, 4) is 11.1 Å². The van der Waals surface area contributed by atoms with Crippen molar-refractivity contribution in [2.45, 2.75) is 58.8 Å². The number of benzene rings is 1. The Kier molecular flexibility index (Phi) is 7.79. The molecule has 1 saturated heterocycles. The maximum atomic E-state index is 14.0. The standard InChI is InChI=1S/C31H32BrClN8O3/c1-16(42)28-21-8-20(19-12-34-17(2)35-13-19)22(33)9-23(21)40(38-28)15-27(43)41-24(10-31(3)11-25(31)41)30(44)37-29-18(14-39(4)5)6-7-26(32)36-29/h6-9,12-13,24-25H,10-11,14-15H2,1-5H3,(H,36,37,44)/t24-,25+,31-/m0/s1. The number of amides is 2. The first kappa shape index (κ1) is 30.3. The van der Waals surface area contributed by atoms with Crippen molar-refractivity contribution >= 4 is 61.8 Å². The van der Waals surface area contributed by atoms with E-state index in [9.17, 15) is 14.4 Å². The maximum absolute atomic E-state index is 14.0. The number of Topliss-reactive ketones (excluding diaryl/α,β-unsaturated/α-hetero) is 1. The molecule has 2 aliphatic rings. The number of carbonyl (C=O) groups is 3. The van der Waals surface area contributed by atoms with E-state index in [0.29, 0.717) is 56.3 Å². The van der Waals surface area contributed by atoms with Crippen molar-refractivity contribution in [2.75, 3.05) is 19.4 Å². The zero-order chi connectivity index (χ0) is 31.5. The highest BCUT2D eigenvalue weighted by Gasteiger charge is 2.64. The molecular weight excluding hydrogens is 648 g/mol. The van der Waals surface area contributed by atoms with E-state index in [4.69, 9.17) is 11.6 Å². The lowest BCUT2D eigenvalue weighted by Gasteiger charge is -2.27. The second kappa shape index (κ2) is 11.3. The van der Waals surface area contributed by atoms with Gasteiger partial charge in [0.05, 0.1) is 10.5 Å². The van der Waals surface area contributed by atoms with Crippen LogP contribution in [0.2, 0.25) is 5.02 Å². The Labute approximate surface area is 268 Å². The number of fused-ring (bicyclic) bond motifs is 2. The van der Waals surface area contributed by atoms with E-state index in [1.54, 1.807) is 36.4 Å². The molecule has 0 spiro atoms. The van der Waals surface area contributed by atoms with Gasteiger partial charge in [-0.05, 0) is 73.4 Å². The molecule has 0 unspecified atom stereocenters. The van der Waals surface area contributed by atoms with Crippen molar-refractivity contribution in [3.05, 3.63) is 63.4 Å². The van der Waals surface area contributed by atoms with Crippen molar-refractivity contribution in [1.82, 2.24) is 34.5 Å². The molecule has 2 amide bonds. The summed E-state index contributed by atoms with van der Waals surface area (Å²) in [5.41, 5.74) is 2.89. The first-order valence-electron chi connectivity index (χ1n) is 14.3. The van der Waals surface area contributed by atoms with Crippen molar-refractivity contribution in [2.24, 2.45) is 5.41 Å². The van der Waals surface area contributed by atoms with E-state index in [1.807, 2.05) is 31.1 Å². The minimum Gasteiger partial charge on any atom is -0.325 e. The molecule has 13 heteroatoms. The van der Waals surface area contributed by atoms with Gasteiger partial charge in [0, 0.05) is 54.0 Å². The smallest absolute Gasteiger partial charge is 0.248 e. The number of nitrogens with zero attached hydrogens (tertiary/aromatic N) is 7. The quantitative estimate of drug-likeness (QED) is 0.206. The molecule has 2 fully saturated rings. The third-order valence-electron chi connectivity index (χ3n) is 8.45. The number of ketones is 1. The van der Waals surface area contributed by atoms with E-state index in [0.717, 1.165) is 12.0 Å². The summed E-state index contributed by atoms with van der Waals surface area (Å²) in [5, 5.41) is 8.52. The van der Waals surface area contributed by atoms with Gasteiger partial charge in [-0.1, -0.05) is 24.6 Å². The van der Waals surface area contributed by atoms with Gasteiger partial charge in [0.2, 0.25) is 11.8 Å². The fraction of sp³-hybridized carbons (Fsp3) is 0.387. The first-order chi connectivity index (χ1) is 20.8. The SMILES string of the molecule is CC(=O)c1nn(CC(=O)N2[C@H](C(=O)Nc3nc(Br)ccc3CN(C)C)C[C@@]3(C)C[C@@H]23)c2cc(Cl)c(-c3cnc(C)nc3)cc12. The fourth-order valence-electron chi connectivity index (χ4n) is 6.14. The van der Waals surface area contributed by atoms with Gasteiger partial charge >= 0.3 is 0 Å². The molecule has 1 N–H and O–H groups in total. The lowest BCUT2D eigenvalue weighted by Crippen LogP contribution is -2.47. The van der Waals surface area contributed by atoms with Gasteiger partial charge in [-0.3, -0.25) is 19.1 Å². The molecule has 1 aliphatic heterocycles. The van der Waals surface area contributed by atoms with Crippen LogP contribution in [0.15, 0.2) is 41.3 Å². The second-order valence-corrected chi connectivity index (χ2v) is 13.4. The Bertz CT molecular complexity index is 1820. The molecule has 3 atom stereocenters. The van der Waals surface area contributed by atoms with Crippen LogP contribution in [0.25, 0.3) is 22.0 Å². The van der Waals surface area contributed by atoms with Crippen LogP contribution >= 0.6 is 27.5 Å². The summed E-state index contributed by atoms with van der Waals surface area (Å²) >= 11 is 10.1. The van der Waals surface area contributed by atoms with Crippen LogP contribution in [0.1, 0.15) is 48.6 Å². The molecule has 44 heavy (non-hydrogen) atoms. The van der Waals surface area contributed by atoms with E-state index in [-0.39, 0.29) is 41.3 Å². The Morgan fingerprint density at radius 3 is 2.57 bits per heavy atom. The number of hydrogen-bond donors (Lipinski definition) is 1. The number of pyridine rings is 1. The monoisotopic (exact) mass is 678 g/mol. The number of anilines is 1. The molecule has 11 nitrogen and oxygen atoms in total. The van der Waals surface area contributed by atoms with E-state index < -0.39 is 6.04 Å². The summed E-state index contributed by atoms with van der Waals surface area (Å²) in [4.78, 5) is 57.0. The summed E-state index contributed by atoms with van der Waals surface area (Å²) in [5.74, 6) is 0.325. The number of halogens is 2. The third kappa shape index (κ3) is 5.62. The molecule has 4 heterocycles. The third-order valence-corrected chi connectivity index (χ3v) is 9.20. The highest BCUT2D eigenvalue weighted by atomic mass is 79.9. The average molecular weight is 680 g/mol. The number of carbonyl (C=O) groups excluding carboxylic acids is 3. The Morgan fingerprint density at radius 1 is 1.16 bits per heavy atom. The zero-order valence-corrected chi connectivity index (χ0v) is 27.4. The van der Waals surface area contributed by atoms with Crippen molar-refractivity contribution in [1.29, 1.82) is 0 Å². The number of hydrogen-bond acceptors (Lipinski definition) is 8. The van der Waals surface area contributed by atoms with Gasteiger partial charge in [-0.2, -0.15) is 5.10 Å². The average Bonchev–Trinajstić information content (AvgIpc) is 3.33. The molecule has 1 saturated carbocycles. The molecule has 0 bridgehead atoms. The Morgan fingerprint density at radius 2 is 1.89 bits per heavy atom. The molecule has 4 aromatic rings. The number of piperidine rings is 1. The molecular formula is C31H32BrClN8O3. The minimum atomic E-state index is -0.662. The van der Waals surface area contributed by atoms with E-state index in [1.165, 1.54) is 11.6 Å². The number of aryl methyl sites for hydroxylation is 1. The predicted octanol–water partition coefficient (Wildman–Crippen LogP) is 4.90. The summed E-state index contributed by atoms with van der Waals surface area (Å²) in [6.07, 6.45) is 4.73. The summed E-state index contributed by atoms with van der Waals surface area (Å²) in [6, 6.07) is 6.54. The highest BCUT2D eigenvalue weighted by Crippen LogP contribution is 2.59. The van der Waals surface area contributed by atoms with Crippen LogP contribution < -0.4 is 5.32 Å². The van der Waals surface area contributed by atoms with Crippen LogP contribution in [-0.4, -0.2) is 78.3 Å². The fourth-order valence-corrected chi connectivity index (χ4v) is 6.72. The van der Waals surface area contributed by atoms with Gasteiger partial charge in [-0.15, -0.1) is 0 Å². The minimum absolute atomic E-state index is 0.0479. The topological polar surface area (TPSA) is 126 Å². The summed E-state index contributed by atoms with van der Waals surface area (Å²) in [7, 11) is 3.89. The number of rotatable bonds is 8. The normalized spacial score (nSPS) is 20.7. The summed E-state index contributed by atoms with van der Waals surface area (Å²) < 4.78 is 2.11. The van der Waals surface area contributed by atoms with Crippen molar-refractivity contribution in [3.63, 3.8) is 0 Å². The van der Waals surface area contributed by atoms with Gasteiger partial charge in [0.15, 0.2) is 5.78 Å².